The lowest BCUT2D eigenvalue weighted by Crippen LogP contribution is -2.41. The van der Waals surface area contributed by atoms with Crippen LogP contribution in [0.25, 0.3) is 0 Å². The van der Waals surface area contributed by atoms with Gasteiger partial charge in [0.15, 0.2) is 0 Å². The van der Waals surface area contributed by atoms with Gasteiger partial charge in [-0.2, -0.15) is 0 Å². The summed E-state index contributed by atoms with van der Waals surface area (Å²) in [7, 11) is 0. The first-order valence-electron chi connectivity index (χ1n) is 5.89. The topological polar surface area (TPSA) is 78.4 Å². The van der Waals surface area contributed by atoms with Gasteiger partial charge in [-0.25, -0.2) is 0 Å². The van der Waals surface area contributed by atoms with Crippen molar-refractivity contribution in [3.05, 3.63) is 0 Å². The number of carbonyl (C=O) groups is 2. The molecule has 1 atom stereocenters. The third kappa shape index (κ3) is 4.61. The smallest absolute Gasteiger partial charge is 0.320 e. The van der Waals surface area contributed by atoms with Gasteiger partial charge in [-0.05, 0) is 19.3 Å². The van der Waals surface area contributed by atoms with Gasteiger partial charge in [-0.15, -0.1) is 0 Å². The van der Waals surface area contributed by atoms with Gasteiger partial charge in [0, 0.05) is 19.0 Å². The Kier molecular flexibility index (Phi) is 5.25. The lowest BCUT2D eigenvalue weighted by Gasteiger charge is -2.13. The maximum Gasteiger partial charge on any atom is 0.320 e. The van der Waals surface area contributed by atoms with Crippen LogP contribution >= 0.6 is 0 Å². The van der Waals surface area contributed by atoms with Crippen LogP contribution in [0.3, 0.4) is 0 Å². The fraction of sp³-hybridized carbons (Fsp3) is 0.818. The monoisotopic (exact) mass is 228 g/mol. The summed E-state index contributed by atoms with van der Waals surface area (Å²) < 4.78 is 0. The van der Waals surface area contributed by atoms with Crippen LogP contribution in [0.15, 0.2) is 0 Å². The van der Waals surface area contributed by atoms with Crippen molar-refractivity contribution >= 4 is 11.9 Å². The lowest BCUT2D eigenvalue weighted by molar-refractivity contribution is -0.139. The third-order valence-electron chi connectivity index (χ3n) is 2.64. The van der Waals surface area contributed by atoms with Crippen LogP contribution in [0.1, 0.15) is 32.6 Å². The Morgan fingerprint density at radius 3 is 2.56 bits per heavy atom. The Hall–Kier alpha value is -1.10. The van der Waals surface area contributed by atoms with E-state index in [1.807, 2.05) is 6.92 Å². The summed E-state index contributed by atoms with van der Waals surface area (Å²) in [5.74, 6) is -0.509. The molecule has 0 aromatic rings. The van der Waals surface area contributed by atoms with Crippen LogP contribution in [0.5, 0.6) is 0 Å². The highest BCUT2D eigenvalue weighted by atomic mass is 16.4. The van der Waals surface area contributed by atoms with E-state index in [1.54, 1.807) is 0 Å². The fourth-order valence-electron chi connectivity index (χ4n) is 1.52. The zero-order valence-corrected chi connectivity index (χ0v) is 9.66. The molecule has 0 aromatic heterocycles. The summed E-state index contributed by atoms with van der Waals surface area (Å²) >= 11 is 0. The second-order valence-electron chi connectivity index (χ2n) is 4.20. The van der Waals surface area contributed by atoms with E-state index in [-0.39, 0.29) is 11.8 Å². The number of carboxylic acid groups (broad SMARTS) is 1. The average molecular weight is 228 g/mol. The van der Waals surface area contributed by atoms with Crippen LogP contribution < -0.4 is 10.6 Å². The van der Waals surface area contributed by atoms with E-state index in [9.17, 15) is 9.59 Å². The van der Waals surface area contributed by atoms with Gasteiger partial charge in [0.2, 0.25) is 5.91 Å². The van der Waals surface area contributed by atoms with Gasteiger partial charge >= 0.3 is 5.97 Å². The molecule has 1 aliphatic rings. The molecule has 5 nitrogen and oxygen atoms in total. The minimum atomic E-state index is -0.824. The van der Waals surface area contributed by atoms with Crippen molar-refractivity contribution in [1.29, 1.82) is 0 Å². The molecule has 0 spiro atoms. The molecule has 1 unspecified atom stereocenters. The minimum absolute atomic E-state index is 0.101. The number of amides is 1. The first-order chi connectivity index (χ1) is 7.65. The summed E-state index contributed by atoms with van der Waals surface area (Å²) in [5, 5.41) is 14.6. The van der Waals surface area contributed by atoms with Gasteiger partial charge in [0.05, 0.1) is 0 Å². The molecular weight excluding hydrogens is 208 g/mol. The number of hydrogen-bond donors (Lipinski definition) is 3. The summed E-state index contributed by atoms with van der Waals surface area (Å²) in [5.41, 5.74) is 0. The van der Waals surface area contributed by atoms with Gasteiger partial charge < -0.3 is 15.7 Å². The Bertz CT molecular complexity index is 252. The second kappa shape index (κ2) is 6.48. The second-order valence-corrected chi connectivity index (χ2v) is 4.20. The third-order valence-corrected chi connectivity index (χ3v) is 2.64. The van der Waals surface area contributed by atoms with Crippen LogP contribution in [-0.2, 0) is 9.59 Å². The number of nitrogens with one attached hydrogen (secondary N) is 2. The molecule has 1 saturated carbocycles. The van der Waals surface area contributed by atoms with Gasteiger partial charge in [0.25, 0.3) is 0 Å². The van der Waals surface area contributed by atoms with Crippen molar-refractivity contribution in [2.45, 2.75) is 38.6 Å². The highest BCUT2D eigenvalue weighted by Crippen LogP contribution is 2.28. The Balaban J connectivity index is 2.07. The molecule has 1 aliphatic carbocycles. The molecule has 0 aromatic carbocycles. The van der Waals surface area contributed by atoms with Crippen molar-refractivity contribution in [1.82, 2.24) is 10.6 Å². The van der Waals surface area contributed by atoms with E-state index in [1.165, 1.54) is 0 Å². The first kappa shape index (κ1) is 13.0. The number of carbonyl (C=O) groups excluding carboxylic acids is 1. The predicted octanol–water partition coefficient (Wildman–Crippen LogP) is 0.355. The van der Waals surface area contributed by atoms with Crippen molar-refractivity contribution in [2.75, 3.05) is 13.1 Å². The quantitative estimate of drug-likeness (QED) is 0.524. The van der Waals surface area contributed by atoms with E-state index in [0.717, 1.165) is 19.3 Å². The fourth-order valence-corrected chi connectivity index (χ4v) is 1.52. The van der Waals surface area contributed by atoms with Crippen molar-refractivity contribution < 1.29 is 14.7 Å². The first-order valence-corrected chi connectivity index (χ1v) is 5.89. The van der Waals surface area contributed by atoms with Crippen LogP contribution in [0, 0.1) is 5.92 Å². The molecule has 92 valence electrons. The van der Waals surface area contributed by atoms with Crippen molar-refractivity contribution in [3.63, 3.8) is 0 Å². The highest BCUT2D eigenvalue weighted by molar-refractivity contribution is 5.80. The number of carboxylic acids is 1. The molecular formula is C11H20N2O3. The maximum atomic E-state index is 11.3. The molecule has 0 saturated heterocycles. The van der Waals surface area contributed by atoms with Crippen LogP contribution in [0.2, 0.25) is 0 Å². The maximum absolute atomic E-state index is 11.3. The van der Waals surface area contributed by atoms with E-state index < -0.39 is 12.0 Å². The van der Waals surface area contributed by atoms with E-state index >= 15 is 0 Å². The van der Waals surface area contributed by atoms with E-state index in [0.29, 0.717) is 19.5 Å². The van der Waals surface area contributed by atoms with Crippen molar-refractivity contribution in [3.8, 4) is 0 Å². The molecule has 0 radical (unpaired) electrons. The number of rotatable bonds is 8. The van der Waals surface area contributed by atoms with Gasteiger partial charge in [-0.1, -0.05) is 13.3 Å². The Morgan fingerprint density at radius 2 is 2.06 bits per heavy atom. The minimum Gasteiger partial charge on any atom is -0.480 e. The van der Waals surface area contributed by atoms with Gasteiger partial charge in [0.1, 0.15) is 6.04 Å². The average Bonchev–Trinajstić information content (AvgIpc) is 3.05. The van der Waals surface area contributed by atoms with E-state index in [2.05, 4.69) is 10.6 Å². The molecule has 1 rings (SSSR count). The zero-order chi connectivity index (χ0) is 12.0. The summed E-state index contributed by atoms with van der Waals surface area (Å²) in [4.78, 5) is 22.0. The molecule has 0 bridgehead atoms. The molecule has 3 N–H and O–H groups in total. The van der Waals surface area contributed by atoms with Crippen LogP contribution in [-0.4, -0.2) is 36.1 Å². The Labute approximate surface area is 95.6 Å². The number of hydrogen-bond acceptors (Lipinski definition) is 3. The largest absolute Gasteiger partial charge is 0.480 e. The number of aliphatic carboxylic acids is 1. The molecule has 1 fully saturated rings. The summed E-state index contributed by atoms with van der Waals surface area (Å²) in [6.07, 6.45) is 3.43. The SMILES string of the molecule is CCCC(NCCNC(=O)C1CC1)C(=O)O. The van der Waals surface area contributed by atoms with Crippen LogP contribution in [0.4, 0.5) is 0 Å². The lowest BCUT2D eigenvalue weighted by atomic mass is 10.2. The molecule has 1 amide bonds. The Morgan fingerprint density at radius 1 is 1.38 bits per heavy atom. The van der Waals surface area contributed by atoms with Crippen molar-refractivity contribution in [2.24, 2.45) is 5.92 Å². The zero-order valence-electron chi connectivity index (χ0n) is 9.66. The molecule has 16 heavy (non-hydrogen) atoms. The highest BCUT2D eigenvalue weighted by Gasteiger charge is 2.29. The molecule has 0 heterocycles. The summed E-state index contributed by atoms with van der Waals surface area (Å²) in [6.45, 7) is 2.96. The molecule has 5 heteroatoms. The summed E-state index contributed by atoms with van der Waals surface area (Å²) in [6, 6.07) is -0.497. The molecule has 0 aliphatic heterocycles. The van der Waals surface area contributed by atoms with Gasteiger partial charge in [-0.3, -0.25) is 9.59 Å². The van der Waals surface area contributed by atoms with E-state index in [4.69, 9.17) is 5.11 Å². The standard InChI is InChI=1S/C11H20N2O3/c1-2-3-9(11(15)16)12-6-7-13-10(14)8-4-5-8/h8-9,12H,2-7H2,1H3,(H,13,14)(H,15,16). The normalized spacial score (nSPS) is 16.8. The predicted molar refractivity (Wildman–Crippen MR) is 60.1 cm³/mol.